The van der Waals surface area contributed by atoms with E-state index in [0.717, 1.165) is 38.3 Å². The van der Waals surface area contributed by atoms with Gasteiger partial charge in [-0.05, 0) is 57.1 Å². The van der Waals surface area contributed by atoms with Crippen LogP contribution in [0.15, 0.2) is 35.1 Å². The Balaban J connectivity index is 2.23. The molecule has 2 rings (SSSR count). The molecule has 0 saturated heterocycles. The number of para-hydroxylation sites is 1. The van der Waals surface area contributed by atoms with Crippen LogP contribution in [0.1, 0.15) is 13.3 Å². The van der Waals surface area contributed by atoms with E-state index in [1.54, 1.807) is 6.33 Å². The summed E-state index contributed by atoms with van der Waals surface area (Å²) in [6.45, 7) is 3.01. The summed E-state index contributed by atoms with van der Waals surface area (Å²) in [5, 5.41) is 6.58. The Kier molecular flexibility index (Phi) is 5.38. The lowest BCUT2D eigenvalue weighted by molar-refractivity contribution is 0.962. The van der Waals surface area contributed by atoms with E-state index in [-0.39, 0.29) is 0 Å². The first-order chi connectivity index (χ1) is 9.22. The summed E-state index contributed by atoms with van der Waals surface area (Å²) in [5.41, 5.74) is 1.03. The van der Waals surface area contributed by atoms with Gasteiger partial charge in [-0.3, -0.25) is 0 Å². The topological polar surface area (TPSA) is 49.8 Å². The van der Waals surface area contributed by atoms with Gasteiger partial charge in [-0.2, -0.15) is 0 Å². The van der Waals surface area contributed by atoms with Crippen LogP contribution >= 0.6 is 38.5 Å². The number of hydrogen-bond donors (Lipinski definition) is 2. The number of halogens is 2. The monoisotopic (exact) mass is 432 g/mol. The average Bonchev–Trinajstić information content (AvgIpc) is 2.42. The lowest BCUT2D eigenvalue weighted by atomic mass is 10.3. The van der Waals surface area contributed by atoms with Crippen molar-refractivity contribution in [3.05, 3.63) is 38.6 Å². The highest BCUT2D eigenvalue weighted by atomic mass is 127. The molecule has 0 radical (unpaired) electrons. The van der Waals surface area contributed by atoms with Gasteiger partial charge in [-0.25, -0.2) is 9.97 Å². The van der Waals surface area contributed by atoms with E-state index in [0.29, 0.717) is 0 Å². The highest BCUT2D eigenvalue weighted by Crippen LogP contribution is 2.30. The lowest BCUT2D eigenvalue weighted by Gasteiger charge is -2.12. The van der Waals surface area contributed by atoms with Crippen LogP contribution in [0.3, 0.4) is 0 Å². The van der Waals surface area contributed by atoms with Crippen molar-refractivity contribution in [2.24, 2.45) is 0 Å². The summed E-state index contributed by atoms with van der Waals surface area (Å²) in [4.78, 5) is 8.50. The molecule has 2 aromatic rings. The van der Waals surface area contributed by atoms with E-state index in [2.05, 4.69) is 66.0 Å². The van der Waals surface area contributed by atoms with Crippen molar-refractivity contribution in [2.45, 2.75) is 13.3 Å². The molecule has 4 nitrogen and oxygen atoms in total. The average molecular weight is 433 g/mol. The van der Waals surface area contributed by atoms with Crippen LogP contribution in [0.25, 0.3) is 0 Å². The summed E-state index contributed by atoms with van der Waals surface area (Å²) >= 11 is 5.83. The van der Waals surface area contributed by atoms with Gasteiger partial charge in [0.1, 0.15) is 22.4 Å². The molecule has 0 atom stereocenters. The van der Waals surface area contributed by atoms with Crippen molar-refractivity contribution in [2.75, 3.05) is 17.2 Å². The zero-order valence-electron chi connectivity index (χ0n) is 10.5. The maximum Gasteiger partial charge on any atom is 0.150 e. The molecule has 6 heteroatoms. The molecule has 2 N–H and O–H groups in total. The van der Waals surface area contributed by atoms with Gasteiger partial charge in [-0.1, -0.05) is 19.1 Å². The molecule has 1 aromatic carbocycles. The van der Waals surface area contributed by atoms with Crippen LogP contribution in [0.2, 0.25) is 0 Å². The number of aromatic nitrogens is 2. The van der Waals surface area contributed by atoms with Gasteiger partial charge in [-0.15, -0.1) is 0 Å². The second-order valence-electron chi connectivity index (χ2n) is 3.92. The SMILES string of the molecule is CCCNc1ncnc(Nc2ccccc2I)c1Br. The third-order valence-corrected chi connectivity index (χ3v) is 4.15. The van der Waals surface area contributed by atoms with Gasteiger partial charge < -0.3 is 10.6 Å². The lowest BCUT2D eigenvalue weighted by Crippen LogP contribution is -2.05. The first-order valence-corrected chi connectivity index (χ1v) is 7.85. The minimum absolute atomic E-state index is 0.762. The van der Waals surface area contributed by atoms with Gasteiger partial charge in [0.25, 0.3) is 0 Å². The number of rotatable bonds is 5. The van der Waals surface area contributed by atoms with E-state index in [1.807, 2.05) is 24.3 Å². The predicted octanol–water partition coefficient (Wildman–Crippen LogP) is 4.41. The van der Waals surface area contributed by atoms with Crippen LogP contribution in [-0.4, -0.2) is 16.5 Å². The third-order valence-electron chi connectivity index (χ3n) is 2.46. The Hall–Kier alpha value is -0.890. The van der Waals surface area contributed by atoms with Crippen molar-refractivity contribution >= 4 is 55.8 Å². The molecule has 0 fully saturated rings. The van der Waals surface area contributed by atoms with Crippen LogP contribution in [0.5, 0.6) is 0 Å². The van der Waals surface area contributed by atoms with E-state index in [1.165, 1.54) is 0 Å². The third kappa shape index (κ3) is 3.79. The van der Waals surface area contributed by atoms with Crippen molar-refractivity contribution < 1.29 is 0 Å². The molecule has 0 aliphatic heterocycles. The highest BCUT2D eigenvalue weighted by molar-refractivity contribution is 14.1. The van der Waals surface area contributed by atoms with Crippen LogP contribution < -0.4 is 10.6 Å². The summed E-state index contributed by atoms with van der Waals surface area (Å²) in [6.07, 6.45) is 2.61. The van der Waals surface area contributed by atoms with Crippen molar-refractivity contribution in [3.8, 4) is 0 Å². The maximum atomic E-state index is 4.27. The number of anilines is 3. The maximum absolute atomic E-state index is 4.27. The Morgan fingerprint density at radius 2 is 1.95 bits per heavy atom. The molecule has 0 aliphatic carbocycles. The molecule has 1 aromatic heterocycles. The van der Waals surface area contributed by atoms with Gasteiger partial charge >= 0.3 is 0 Å². The van der Waals surface area contributed by atoms with Crippen LogP contribution in [-0.2, 0) is 0 Å². The van der Waals surface area contributed by atoms with Gasteiger partial charge in [0.2, 0.25) is 0 Å². The largest absolute Gasteiger partial charge is 0.369 e. The second kappa shape index (κ2) is 7.04. The number of hydrogen-bond acceptors (Lipinski definition) is 4. The molecule has 100 valence electrons. The summed E-state index contributed by atoms with van der Waals surface area (Å²) in [7, 11) is 0. The zero-order chi connectivity index (χ0) is 13.7. The van der Waals surface area contributed by atoms with Crippen molar-refractivity contribution in [3.63, 3.8) is 0 Å². The van der Waals surface area contributed by atoms with Crippen LogP contribution in [0, 0.1) is 3.57 Å². The van der Waals surface area contributed by atoms with Crippen molar-refractivity contribution in [1.82, 2.24) is 9.97 Å². The van der Waals surface area contributed by atoms with Crippen LogP contribution in [0.4, 0.5) is 17.3 Å². The molecular weight excluding hydrogens is 419 g/mol. The molecule has 0 spiro atoms. The molecule has 19 heavy (non-hydrogen) atoms. The standard InChI is InChI=1S/C13H14BrIN4/c1-2-7-16-12-11(14)13(18-8-17-12)19-10-6-4-3-5-9(10)15/h3-6,8H,2,7H2,1H3,(H2,16,17,18,19). The van der Waals surface area contributed by atoms with Gasteiger partial charge in [0, 0.05) is 10.1 Å². The summed E-state index contributed by atoms with van der Waals surface area (Å²) in [6, 6.07) is 8.08. The van der Waals surface area contributed by atoms with E-state index in [9.17, 15) is 0 Å². The van der Waals surface area contributed by atoms with Gasteiger partial charge in [0.15, 0.2) is 0 Å². The Bertz CT molecular complexity index is 562. The van der Waals surface area contributed by atoms with Gasteiger partial charge in [0.05, 0.1) is 5.69 Å². The fourth-order valence-corrected chi connectivity index (χ4v) is 2.48. The van der Waals surface area contributed by atoms with E-state index < -0.39 is 0 Å². The Morgan fingerprint density at radius 3 is 2.68 bits per heavy atom. The Labute approximate surface area is 134 Å². The molecule has 0 amide bonds. The normalized spacial score (nSPS) is 10.3. The van der Waals surface area contributed by atoms with E-state index in [4.69, 9.17) is 0 Å². The van der Waals surface area contributed by atoms with Crippen molar-refractivity contribution in [1.29, 1.82) is 0 Å². The fraction of sp³-hybridized carbons (Fsp3) is 0.231. The second-order valence-corrected chi connectivity index (χ2v) is 5.87. The molecule has 0 bridgehead atoms. The smallest absolute Gasteiger partial charge is 0.150 e. The highest BCUT2D eigenvalue weighted by Gasteiger charge is 2.09. The summed E-state index contributed by atoms with van der Waals surface area (Å²) < 4.78 is 2.00. The first kappa shape index (κ1) is 14.5. The Morgan fingerprint density at radius 1 is 1.21 bits per heavy atom. The predicted molar refractivity (Wildman–Crippen MR) is 91.0 cm³/mol. The minimum atomic E-state index is 0.762. The molecule has 0 unspecified atom stereocenters. The fourth-order valence-electron chi connectivity index (χ4n) is 1.51. The number of benzene rings is 1. The molecule has 1 heterocycles. The quantitative estimate of drug-likeness (QED) is 0.687. The minimum Gasteiger partial charge on any atom is -0.369 e. The molecular formula is C13H14BrIN4. The molecule has 0 aliphatic rings. The van der Waals surface area contributed by atoms with E-state index >= 15 is 0 Å². The summed E-state index contributed by atoms with van der Waals surface area (Å²) in [5.74, 6) is 1.57. The first-order valence-electron chi connectivity index (χ1n) is 5.98. The number of nitrogens with zero attached hydrogens (tertiary/aromatic N) is 2. The zero-order valence-corrected chi connectivity index (χ0v) is 14.2. The molecule has 0 saturated carbocycles. The number of nitrogens with one attached hydrogen (secondary N) is 2.